The molecule has 0 heterocycles. The highest BCUT2D eigenvalue weighted by Gasteiger charge is 2.15. The Hall–Kier alpha value is -0.780. The van der Waals surface area contributed by atoms with Gasteiger partial charge in [0, 0.05) is 0 Å². The lowest BCUT2D eigenvalue weighted by Crippen LogP contribution is -1.89. The zero-order valence-corrected chi connectivity index (χ0v) is 6.79. The molecule has 0 nitrogen and oxygen atoms in total. The van der Waals surface area contributed by atoms with Crippen LogP contribution in [0.4, 0.5) is 0 Å². The summed E-state index contributed by atoms with van der Waals surface area (Å²) in [7, 11) is 0. The first-order valence-electron chi connectivity index (χ1n) is 4.52. The fraction of sp³-hybridized carbons (Fsp3) is 0.455. The lowest BCUT2D eigenvalue weighted by Gasteiger charge is -2.07. The van der Waals surface area contributed by atoms with Crippen molar-refractivity contribution < 1.29 is 0 Å². The fourth-order valence-corrected chi connectivity index (χ4v) is 1.98. The molecule has 0 unspecified atom stereocenters. The molecular weight excluding hydrogens is 132 g/mol. The van der Waals surface area contributed by atoms with Crippen LogP contribution in [0.25, 0.3) is 0 Å². The molecule has 0 N–H and O–H groups in total. The zero-order chi connectivity index (χ0) is 7.52. The van der Waals surface area contributed by atoms with E-state index in [2.05, 4.69) is 30.3 Å². The first-order valence-corrected chi connectivity index (χ1v) is 4.52. The van der Waals surface area contributed by atoms with Gasteiger partial charge in [0.1, 0.15) is 0 Å². The molecule has 0 saturated heterocycles. The molecule has 11 heavy (non-hydrogen) atoms. The molecular formula is C11H14. The maximum absolute atomic E-state index is 2.26. The highest BCUT2D eigenvalue weighted by Crippen LogP contribution is 2.33. The van der Waals surface area contributed by atoms with Crippen LogP contribution in [-0.4, -0.2) is 0 Å². The second kappa shape index (κ2) is 3.08. The van der Waals surface area contributed by atoms with Crippen LogP contribution >= 0.6 is 0 Å². The molecule has 1 fully saturated rings. The molecule has 2 rings (SSSR count). The van der Waals surface area contributed by atoms with Crippen LogP contribution in [0.5, 0.6) is 0 Å². The summed E-state index contributed by atoms with van der Waals surface area (Å²) in [4.78, 5) is 0. The van der Waals surface area contributed by atoms with Crippen LogP contribution in [0, 0.1) is 0 Å². The zero-order valence-electron chi connectivity index (χ0n) is 6.79. The van der Waals surface area contributed by atoms with Crippen LogP contribution in [0.2, 0.25) is 0 Å². The van der Waals surface area contributed by atoms with Gasteiger partial charge in [-0.05, 0) is 24.3 Å². The minimum Gasteiger partial charge on any atom is -0.0622 e. The van der Waals surface area contributed by atoms with Crippen molar-refractivity contribution in [3.63, 3.8) is 0 Å². The standard InChI is InChI=1S/C11H14/c1-2-6-10(7-3-1)11-8-4-5-9-11/h1-3,6-7,11H,4-5,8-9H2. The van der Waals surface area contributed by atoms with E-state index >= 15 is 0 Å². The molecule has 0 radical (unpaired) electrons. The van der Waals surface area contributed by atoms with E-state index in [-0.39, 0.29) is 0 Å². The first-order chi connectivity index (χ1) is 5.47. The predicted molar refractivity (Wildman–Crippen MR) is 47.7 cm³/mol. The van der Waals surface area contributed by atoms with Crippen molar-refractivity contribution in [2.24, 2.45) is 0 Å². The molecule has 1 saturated carbocycles. The lowest BCUT2D eigenvalue weighted by atomic mass is 9.98. The summed E-state index contributed by atoms with van der Waals surface area (Å²) in [5, 5.41) is 0. The monoisotopic (exact) mass is 146 g/mol. The third kappa shape index (κ3) is 1.45. The second-order valence-electron chi connectivity index (χ2n) is 3.39. The first kappa shape index (κ1) is 6.90. The van der Waals surface area contributed by atoms with Gasteiger partial charge in [0.2, 0.25) is 0 Å². The van der Waals surface area contributed by atoms with Crippen molar-refractivity contribution in [3.8, 4) is 0 Å². The Kier molecular flexibility index (Phi) is 1.93. The van der Waals surface area contributed by atoms with Gasteiger partial charge in [-0.3, -0.25) is 0 Å². The van der Waals surface area contributed by atoms with Crippen molar-refractivity contribution in [1.29, 1.82) is 0 Å². The molecule has 0 bridgehead atoms. The smallest absolute Gasteiger partial charge is 0.0162 e. The highest BCUT2D eigenvalue weighted by atomic mass is 14.2. The van der Waals surface area contributed by atoms with E-state index in [9.17, 15) is 0 Å². The van der Waals surface area contributed by atoms with Crippen molar-refractivity contribution in [1.82, 2.24) is 0 Å². The average Bonchev–Trinajstić information content (AvgIpc) is 2.58. The van der Waals surface area contributed by atoms with Gasteiger partial charge in [0.25, 0.3) is 0 Å². The Morgan fingerprint density at radius 2 is 1.55 bits per heavy atom. The summed E-state index contributed by atoms with van der Waals surface area (Å²) in [6.07, 6.45) is 5.67. The molecule has 0 aliphatic heterocycles. The summed E-state index contributed by atoms with van der Waals surface area (Å²) < 4.78 is 0. The van der Waals surface area contributed by atoms with E-state index < -0.39 is 0 Å². The topological polar surface area (TPSA) is 0 Å². The van der Waals surface area contributed by atoms with E-state index in [1.807, 2.05) is 0 Å². The summed E-state index contributed by atoms with van der Waals surface area (Å²) in [6.45, 7) is 0. The second-order valence-corrected chi connectivity index (χ2v) is 3.39. The minimum absolute atomic E-state index is 0.871. The largest absolute Gasteiger partial charge is 0.0622 e. The third-order valence-electron chi connectivity index (χ3n) is 2.63. The summed E-state index contributed by atoms with van der Waals surface area (Å²) in [6, 6.07) is 10.9. The van der Waals surface area contributed by atoms with Crippen LogP contribution < -0.4 is 0 Å². The van der Waals surface area contributed by atoms with Crippen molar-refractivity contribution in [2.75, 3.05) is 0 Å². The molecule has 0 aromatic heterocycles. The van der Waals surface area contributed by atoms with Crippen LogP contribution in [0.15, 0.2) is 30.3 Å². The number of benzene rings is 1. The van der Waals surface area contributed by atoms with Gasteiger partial charge in [-0.15, -0.1) is 0 Å². The normalized spacial score (nSPS) is 18.9. The predicted octanol–water partition coefficient (Wildman–Crippen LogP) is 3.34. The van der Waals surface area contributed by atoms with Crippen molar-refractivity contribution in [3.05, 3.63) is 35.9 Å². The maximum atomic E-state index is 2.26. The van der Waals surface area contributed by atoms with Crippen LogP contribution in [0.3, 0.4) is 0 Å². The van der Waals surface area contributed by atoms with Gasteiger partial charge < -0.3 is 0 Å². The highest BCUT2D eigenvalue weighted by molar-refractivity contribution is 5.19. The van der Waals surface area contributed by atoms with E-state index in [0.29, 0.717) is 0 Å². The van der Waals surface area contributed by atoms with Gasteiger partial charge in [-0.25, -0.2) is 0 Å². The Morgan fingerprint density at radius 3 is 2.18 bits per heavy atom. The van der Waals surface area contributed by atoms with Gasteiger partial charge in [-0.2, -0.15) is 0 Å². The number of rotatable bonds is 1. The van der Waals surface area contributed by atoms with Crippen LogP contribution in [0.1, 0.15) is 37.2 Å². The summed E-state index contributed by atoms with van der Waals surface area (Å²) in [5.74, 6) is 0.871. The Bertz CT molecular complexity index is 207. The Morgan fingerprint density at radius 1 is 0.909 bits per heavy atom. The molecule has 1 aliphatic carbocycles. The number of hydrogen-bond acceptors (Lipinski definition) is 0. The Balaban J connectivity index is 2.16. The van der Waals surface area contributed by atoms with Crippen molar-refractivity contribution >= 4 is 0 Å². The third-order valence-corrected chi connectivity index (χ3v) is 2.63. The molecule has 0 heteroatoms. The van der Waals surface area contributed by atoms with Gasteiger partial charge in [0.15, 0.2) is 0 Å². The van der Waals surface area contributed by atoms with Crippen molar-refractivity contribution in [2.45, 2.75) is 31.6 Å². The maximum Gasteiger partial charge on any atom is -0.0162 e. The minimum atomic E-state index is 0.871. The molecule has 1 aromatic rings. The molecule has 0 atom stereocenters. The quantitative estimate of drug-likeness (QED) is 0.570. The number of hydrogen-bond donors (Lipinski definition) is 0. The van der Waals surface area contributed by atoms with Gasteiger partial charge in [0.05, 0.1) is 0 Å². The molecule has 0 spiro atoms. The Labute approximate surface area is 68.3 Å². The van der Waals surface area contributed by atoms with Gasteiger partial charge >= 0.3 is 0 Å². The molecule has 58 valence electrons. The average molecular weight is 146 g/mol. The summed E-state index contributed by atoms with van der Waals surface area (Å²) in [5.41, 5.74) is 1.55. The molecule has 1 aliphatic rings. The SMILES string of the molecule is c1ccc(C2CCCC2)cc1. The molecule has 0 amide bonds. The lowest BCUT2D eigenvalue weighted by molar-refractivity contribution is 0.723. The van der Waals surface area contributed by atoms with Gasteiger partial charge in [-0.1, -0.05) is 43.2 Å². The van der Waals surface area contributed by atoms with Crippen LogP contribution in [-0.2, 0) is 0 Å². The van der Waals surface area contributed by atoms with E-state index in [0.717, 1.165) is 5.92 Å². The van der Waals surface area contributed by atoms with E-state index in [1.165, 1.54) is 25.7 Å². The summed E-state index contributed by atoms with van der Waals surface area (Å²) >= 11 is 0. The van der Waals surface area contributed by atoms with E-state index in [4.69, 9.17) is 0 Å². The fourth-order valence-electron chi connectivity index (χ4n) is 1.98. The van der Waals surface area contributed by atoms with E-state index in [1.54, 1.807) is 5.56 Å². The molecule has 1 aromatic carbocycles.